The molecule has 0 atom stereocenters. The van der Waals surface area contributed by atoms with Gasteiger partial charge in [-0.25, -0.2) is 10.4 Å². The Labute approximate surface area is 157 Å². The molecule has 0 radical (unpaired) electrons. The highest BCUT2D eigenvalue weighted by molar-refractivity contribution is 5.76. The third-order valence-corrected chi connectivity index (χ3v) is 4.34. The summed E-state index contributed by atoms with van der Waals surface area (Å²) in [6.07, 6.45) is 3.64. The first-order valence-corrected chi connectivity index (χ1v) is 8.63. The highest BCUT2D eigenvalue weighted by Crippen LogP contribution is 2.38. The molecule has 3 N–H and O–H groups in total. The standard InChI is InChI=1S/C19H21N7O/c1-12-8-18(20-2)25-19(23-12)24-14-4-5-17(27-3)15(9-14)26-16-11-21-7-6-13(16)10-22-26/h4-9,11,22H,10H2,1-3H3,(H2,20,23,24,25). The minimum Gasteiger partial charge on any atom is -0.495 e. The fraction of sp³-hybridized carbons (Fsp3) is 0.211. The van der Waals surface area contributed by atoms with Gasteiger partial charge in [-0.15, -0.1) is 0 Å². The number of aryl methyl sites for hydroxylation is 1. The summed E-state index contributed by atoms with van der Waals surface area (Å²) in [5, 5.41) is 8.30. The molecule has 138 valence electrons. The average molecular weight is 363 g/mol. The Morgan fingerprint density at radius 2 is 2.04 bits per heavy atom. The van der Waals surface area contributed by atoms with Crippen molar-refractivity contribution >= 4 is 28.8 Å². The third kappa shape index (κ3) is 3.34. The molecule has 0 spiro atoms. The number of rotatable bonds is 5. The average Bonchev–Trinajstić information content (AvgIpc) is 3.11. The van der Waals surface area contributed by atoms with Crippen LogP contribution in [0.4, 0.5) is 28.8 Å². The molecule has 0 saturated carbocycles. The van der Waals surface area contributed by atoms with Crippen molar-refractivity contribution in [3.63, 3.8) is 0 Å². The normalized spacial score (nSPS) is 12.6. The Bertz CT molecular complexity index is 976. The van der Waals surface area contributed by atoms with Crippen LogP contribution in [-0.4, -0.2) is 29.1 Å². The summed E-state index contributed by atoms with van der Waals surface area (Å²) in [7, 11) is 3.50. The molecule has 1 aliphatic heterocycles. The van der Waals surface area contributed by atoms with Crippen LogP contribution in [0, 0.1) is 6.92 Å². The van der Waals surface area contributed by atoms with Gasteiger partial charge in [0.15, 0.2) is 0 Å². The first kappa shape index (κ1) is 17.0. The first-order valence-electron chi connectivity index (χ1n) is 8.63. The van der Waals surface area contributed by atoms with Gasteiger partial charge in [0.1, 0.15) is 17.3 Å². The second-order valence-electron chi connectivity index (χ2n) is 6.15. The number of hydrazine groups is 1. The number of benzene rings is 1. The molecule has 0 saturated heterocycles. The zero-order valence-corrected chi connectivity index (χ0v) is 15.4. The Hall–Kier alpha value is -3.39. The zero-order valence-electron chi connectivity index (χ0n) is 15.4. The maximum atomic E-state index is 5.56. The minimum absolute atomic E-state index is 0.534. The molecule has 8 nitrogen and oxygen atoms in total. The van der Waals surface area contributed by atoms with Crippen LogP contribution in [-0.2, 0) is 6.54 Å². The summed E-state index contributed by atoms with van der Waals surface area (Å²) >= 11 is 0. The maximum Gasteiger partial charge on any atom is 0.229 e. The van der Waals surface area contributed by atoms with Crippen LogP contribution in [0.1, 0.15) is 11.3 Å². The predicted molar refractivity (Wildman–Crippen MR) is 106 cm³/mol. The highest BCUT2D eigenvalue weighted by atomic mass is 16.5. The number of nitrogens with zero attached hydrogens (tertiary/aromatic N) is 4. The van der Waals surface area contributed by atoms with Gasteiger partial charge < -0.3 is 15.4 Å². The van der Waals surface area contributed by atoms with E-state index in [-0.39, 0.29) is 0 Å². The summed E-state index contributed by atoms with van der Waals surface area (Å²) in [6, 6.07) is 9.76. The molecule has 3 heterocycles. The lowest BCUT2D eigenvalue weighted by Crippen LogP contribution is -2.27. The smallest absolute Gasteiger partial charge is 0.229 e. The van der Waals surface area contributed by atoms with Crippen LogP contribution in [0.3, 0.4) is 0 Å². The highest BCUT2D eigenvalue weighted by Gasteiger charge is 2.23. The number of aromatic nitrogens is 3. The van der Waals surface area contributed by atoms with Gasteiger partial charge in [0, 0.05) is 37.2 Å². The molecule has 0 amide bonds. The lowest BCUT2D eigenvalue weighted by atomic mass is 10.2. The first-order chi connectivity index (χ1) is 13.2. The van der Waals surface area contributed by atoms with Crippen molar-refractivity contribution in [1.29, 1.82) is 0 Å². The summed E-state index contributed by atoms with van der Waals surface area (Å²) in [5.41, 5.74) is 8.20. The van der Waals surface area contributed by atoms with Gasteiger partial charge in [0.25, 0.3) is 0 Å². The molecule has 0 fully saturated rings. The largest absolute Gasteiger partial charge is 0.495 e. The van der Waals surface area contributed by atoms with Crippen LogP contribution in [0.25, 0.3) is 0 Å². The molecule has 27 heavy (non-hydrogen) atoms. The van der Waals surface area contributed by atoms with E-state index in [1.54, 1.807) is 13.3 Å². The van der Waals surface area contributed by atoms with E-state index in [0.717, 1.165) is 40.9 Å². The molecule has 1 aliphatic rings. The zero-order chi connectivity index (χ0) is 18.8. The van der Waals surface area contributed by atoms with Crippen molar-refractivity contribution in [3.8, 4) is 5.75 Å². The quantitative estimate of drug-likeness (QED) is 0.637. The molecule has 3 aromatic rings. The molecule has 4 rings (SSSR count). The number of anilines is 5. The second kappa shape index (κ2) is 7.08. The molecule has 0 unspecified atom stereocenters. The van der Waals surface area contributed by atoms with E-state index in [4.69, 9.17) is 4.74 Å². The van der Waals surface area contributed by atoms with Crippen molar-refractivity contribution in [2.75, 3.05) is 29.8 Å². The van der Waals surface area contributed by atoms with Gasteiger partial charge >= 0.3 is 0 Å². The Morgan fingerprint density at radius 1 is 1.15 bits per heavy atom. The van der Waals surface area contributed by atoms with Crippen molar-refractivity contribution in [2.45, 2.75) is 13.5 Å². The van der Waals surface area contributed by atoms with Crippen molar-refractivity contribution in [1.82, 2.24) is 20.4 Å². The molecule has 2 aromatic heterocycles. The number of nitrogens with one attached hydrogen (secondary N) is 3. The lowest BCUT2D eigenvalue weighted by Gasteiger charge is -2.22. The molecule has 8 heteroatoms. The molecule has 0 bridgehead atoms. The molecular formula is C19H21N7O. The van der Waals surface area contributed by atoms with Gasteiger partial charge in [0.2, 0.25) is 5.95 Å². The van der Waals surface area contributed by atoms with E-state index in [2.05, 4.69) is 31.0 Å². The Kier molecular flexibility index (Phi) is 4.47. The fourth-order valence-electron chi connectivity index (χ4n) is 3.05. The SMILES string of the molecule is CNc1cc(C)nc(Nc2ccc(OC)c(N3NCc4ccncc43)c2)n1. The van der Waals surface area contributed by atoms with E-state index in [0.29, 0.717) is 5.95 Å². The van der Waals surface area contributed by atoms with Gasteiger partial charge in [0.05, 0.1) is 19.0 Å². The van der Waals surface area contributed by atoms with Gasteiger partial charge in [-0.05, 0) is 36.8 Å². The van der Waals surface area contributed by atoms with E-state index in [1.807, 2.05) is 55.5 Å². The monoisotopic (exact) mass is 363 g/mol. The van der Waals surface area contributed by atoms with Crippen molar-refractivity contribution < 1.29 is 4.74 Å². The van der Waals surface area contributed by atoms with Crippen LogP contribution in [0.5, 0.6) is 5.75 Å². The molecular weight excluding hydrogens is 342 g/mol. The van der Waals surface area contributed by atoms with E-state index >= 15 is 0 Å². The van der Waals surface area contributed by atoms with Gasteiger partial charge in [-0.1, -0.05) is 0 Å². The number of hydrogen-bond donors (Lipinski definition) is 3. The third-order valence-electron chi connectivity index (χ3n) is 4.34. The van der Waals surface area contributed by atoms with Crippen LogP contribution < -0.4 is 25.8 Å². The van der Waals surface area contributed by atoms with E-state index in [1.165, 1.54) is 5.56 Å². The topological polar surface area (TPSA) is 87.2 Å². The number of pyridine rings is 1. The fourth-order valence-corrected chi connectivity index (χ4v) is 3.05. The second-order valence-corrected chi connectivity index (χ2v) is 6.15. The summed E-state index contributed by atoms with van der Waals surface area (Å²) in [6.45, 7) is 2.68. The van der Waals surface area contributed by atoms with E-state index < -0.39 is 0 Å². The number of hydrogen-bond acceptors (Lipinski definition) is 8. The maximum absolute atomic E-state index is 5.56. The molecule has 1 aromatic carbocycles. The summed E-state index contributed by atoms with van der Waals surface area (Å²) < 4.78 is 5.56. The lowest BCUT2D eigenvalue weighted by molar-refractivity contribution is 0.414. The number of fused-ring (bicyclic) bond motifs is 1. The van der Waals surface area contributed by atoms with Gasteiger partial charge in [-0.2, -0.15) is 4.98 Å². The van der Waals surface area contributed by atoms with Crippen molar-refractivity contribution in [2.24, 2.45) is 0 Å². The van der Waals surface area contributed by atoms with E-state index in [9.17, 15) is 0 Å². The summed E-state index contributed by atoms with van der Waals surface area (Å²) in [4.78, 5) is 13.1. The number of ether oxygens (including phenoxy) is 1. The Morgan fingerprint density at radius 3 is 2.85 bits per heavy atom. The van der Waals surface area contributed by atoms with Crippen LogP contribution in [0.15, 0.2) is 42.7 Å². The summed E-state index contributed by atoms with van der Waals surface area (Å²) in [5.74, 6) is 2.05. The predicted octanol–water partition coefficient (Wildman–Crippen LogP) is 3.13. The minimum atomic E-state index is 0.534. The molecule has 0 aliphatic carbocycles. The van der Waals surface area contributed by atoms with Crippen molar-refractivity contribution in [3.05, 3.63) is 54.0 Å². The van der Waals surface area contributed by atoms with Gasteiger partial charge in [-0.3, -0.25) is 9.99 Å². The number of methoxy groups -OCH3 is 1. The Balaban J connectivity index is 1.69. The van der Waals surface area contributed by atoms with Crippen LogP contribution in [0.2, 0.25) is 0 Å². The van der Waals surface area contributed by atoms with Crippen LogP contribution >= 0.6 is 0 Å².